The molecule has 1 unspecified atom stereocenters. The highest BCUT2D eigenvalue weighted by Gasteiger charge is 2.32. The summed E-state index contributed by atoms with van der Waals surface area (Å²) in [6.07, 6.45) is -4.79. The predicted octanol–water partition coefficient (Wildman–Crippen LogP) is 3.09. The minimum atomic E-state index is -4.72. The van der Waals surface area contributed by atoms with Crippen LogP contribution in [0.5, 0.6) is 5.75 Å². The first kappa shape index (κ1) is 16.4. The van der Waals surface area contributed by atoms with Gasteiger partial charge in [-0.3, -0.25) is 0 Å². The van der Waals surface area contributed by atoms with Gasteiger partial charge in [0.2, 0.25) is 0 Å². The highest BCUT2D eigenvalue weighted by molar-refractivity contribution is 9.10. The van der Waals surface area contributed by atoms with Crippen LogP contribution in [0.4, 0.5) is 18.9 Å². The molecule has 0 amide bonds. The number of halogens is 4. The second kappa shape index (κ2) is 6.85. The van der Waals surface area contributed by atoms with E-state index in [2.05, 4.69) is 30.9 Å². The number of hydrogen-bond acceptors (Lipinski definition) is 4. The van der Waals surface area contributed by atoms with Gasteiger partial charge in [-0.2, -0.15) is 0 Å². The molecule has 0 bridgehead atoms. The number of anilines is 1. The quantitative estimate of drug-likeness (QED) is 0.885. The van der Waals surface area contributed by atoms with E-state index < -0.39 is 6.36 Å². The van der Waals surface area contributed by atoms with E-state index in [-0.39, 0.29) is 17.5 Å². The molecule has 2 rings (SSSR count). The molecule has 0 spiro atoms. The lowest BCUT2D eigenvalue weighted by Gasteiger charge is -2.30. The highest BCUT2D eigenvalue weighted by Crippen LogP contribution is 2.33. The van der Waals surface area contributed by atoms with Crippen LogP contribution >= 0.6 is 15.9 Å². The summed E-state index contributed by atoms with van der Waals surface area (Å²) in [6, 6.07) is 4.47. The van der Waals surface area contributed by atoms with Crippen molar-refractivity contribution in [3.63, 3.8) is 0 Å². The maximum atomic E-state index is 12.4. The van der Waals surface area contributed by atoms with Crippen LogP contribution in [0.1, 0.15) is 0 Å². The summed E-state index contributed by atoms with van der Waals surface area (Å²) < 4.78 is 47.3. The Morgan fingerprint density at radius 3 is 2.90 bits per heavy atom. The summed E-state index contributed by atoms with van der Waals surface area (Å²) in [5.41, 5.74) is 0.285. The number of morpholine rings is 1. The first-order valence-electron chi connectivity index (χ1n) is 6.43. The molecule has 1 fully saturated rings. The van der Waals surface area contributed by atoms with E-state index in [1.807, 2.05) is 7.05 Å². The Balaban J connectivity index is 2.01. The summed E-state index contributed by atoms with van der Waals surface area (Å²) in [6.45, 7) is 2.63. The average Bonchev–Trinajstić information content (AvgIpc) is 2.36. The van der Waals surface area contributed by atoms with Crippen molar-refractivity contribution in [1.82, 2.24) is 4.90 Å². The van der Waals surface area contributed by atoms with Crippen LogP contribution in [0.15, 0.2) is 22.7 Å². The van der Waals surface area contributed by atoms with Gasteiger partial charge < -0.3 is 19.7 Å². The lowest BCUT2D eigenvalue weighted by atomic mass is 10.2. The van der Waals surface area contributed by atoms with Gasteiger partial charge in [-0.25, -0.2) is 0 Å². The highest BCUT2D eigenvalue weighted by atomic mass is 79.9. The maximum Gasteiger partial charge on any atom is 0.573 e. The molecule has 1 aliphatic rings. The predicted molar refractivity (Wildman–Crippen MR) is 76.6 cm³/mol. The Morgan fingerprint density at radius 1 is 1.48 bits per heavy atom. The molecule has 0 saturated carbocycles. The SMILES string of the molecule is CN1CCOC(CNc2ccc(Br)cc2OC(F)(F)F)C1. The number of rotatable bonds is 4. The number of likely N-dealkylation sites (N-methyl/N-ethyl adjacent to an activating group) is 1. The van der Waals surface area contributed by atoms with Gasteiger partial charge in [-0.1, -0.05) is 15.9 Å². The molecular weight excluding hydrogens is 353 g/mol. The molecule has 118 valence electrons. The lowest BCUT2D eigenvalue weighted by Crippen LogP contribution is -2.43. The number of nitrogens with one attached hydrogen (secondary N) is 1. The van der Waals surface area contributed by atoms with Gasteiger partial charge in [0.25, 0.3) is 0 Å². The van der Waals surface area contributed by atoms with Crippen molar-refractivity contribution in [1.29, 1.82) is 0 Å². The number of hydrogen-bond donors (Lipinski definition) is 1. The van der Waals surface area contributed by atoms with Crippen LogP contribution in [0.25, 0.3) is 0 Å². The molecule has 0 aromatic heterocycles. The normalized spacial score (nSPS) is 20.3. The van der Waals surface area contributed by atoms with E-state index in [9.17, 15) is 13.2 Å². The largest absolute Gasteiger partial charge is 0.573 e. The van der Waals surface area contributed by atoms with Crippen LogP contribution in [0, 0.1) is 0 Å². The molecule has 4 nitrogen and oxygen atoms in total. The molecule has 1 heterocycles. The van der Waals surface area contributed by atoms with Crippen LogP contribution in [0.3, 0.4) is 0 Å². The second-order valence-corrected chi connectivity index (χ2v) is 5.74. The van der Waals surface area contributed by atoms with Gasteiger partial charge in [0, 0.05) is 24.1 Å². The zero-order valence-electron chi connectivity index (χ0n) is 11.4. The smallest absolute Gasteiger partial charge is 0.404 e. The van der Waals surface area contributed by atoms with Gasteiger partial charge in [-0.05, 0) is 25.2 Å². The number of alkyl halides is 3. The van der Waals surface area contributed by atoms with Crippen LogP contribution in [0.2, 0.25) is 0 Å². The molecule has 1 N–H and O–H groups in total. The fraction of sp³-hybridized carbons (Fsp3) is 0.538. The standard InChI is InChI=1S/C13H16BrF3N2O2/c1-19-4-5-20-10(8-19)7-18-11-3-2-9(14)6-12(11)21-13(15,16)17/h2-3,6,10,18H,4-5,7-8H2,1H3. The summed E-state index contributed by atoms with van der Waals surface area (Å²) in [5.74, 6) is -0.263. The molecule has 0 aliphatic carbocycles. The lowest BCUT2D eigenvalue weighted by molar-refractivity contribution is -0.274. The van der Waals surface area contributed by atoms with E-state index in [0.29, 0.717) is 17.6 Å². The molecule has 0 radical (unpaired) electrons. The van der Waals surface area contributed by atoms with Gasteiger partial charge in [-0.15, -0.1) is 13.2 Å². The fourth-order valence-corrected chi connectivity index (χ4v) is 2.41. The molecule has 1 atom stereocenters. The fourth-order valence-electron chi connectivity index (χ4n) is 2.07. The Morgan fingerprint density at radius 2 is 2.24 bits per heavy atom. The number of ether oxygens (including phenoxy) is 2. The van der Waals surface area contributed by atoms with Crippen molar-refractivity contribution in [2.75, 3.05) is 38.6 Å². The maximum absolute atomic E-state index is 12.4. The molecule has 21 heavy (non-hydrogen) atoms. The van der Waals surface area contributed by atoms with E-state index >= 15 is 0 Å². The van der Waals surface area contributed by atoms with E-state index in [1.54, 1.807) is 6.07 Å². The minimum Gasteiger partial charge on any atom is -0.404 e. The third-order valence-corrected chi connectivity index (χ3v) is 3.52. The van der Waals surface area contributed by atoms with E-state index in [1.165, 1.54) is 12.1 Å². The van der Waals surface area contributed by atoms with Crippen LogP contribution in [-0.4, -0.2) is 50.7 Å². The van der Waals surface area contributed by atoms with E-state index in [0.717, 1.165) is 13.1 Å². The van der Waals surface area contributed by atoms with Gasteiger partial charge in [0.1, 0.15) is 0 Å². The minimum absolute atomic E-state index is 0.0638. The Kier molecular flexibility index (Phi) is 5.34. The second-order valence-electron chi connectivity index (χ2n) is 4.82. The van der Waals surface area contributed by atoms with Gasteiger partial charge in [0.15, 0.2) is 5.75 Å². The number of benzene rings is 1. The molecule has 1 aromatic carbocycles. The Labute approximate surface area is 129 Å². The number of nitrogens with zero attached hydrogens (tertiary/aromatic N) is 1. The third-order valence-electron chi connectivity index (χ3n) is 3.03. The van der Waals surface area contributed by atoms with Crippen LogP contribution in [-0.2, 0) is 4.74 Å². The van der Waals surface area contributed by atoms with Crippen molar-refractivity contribution in [3.8, 4) is 5.75 Å². The molecule has 8 heteroatoms. The Hall–Kier alpha value is -0.990. The Bertz CT molecular complexity index is 485. The van der Waals surface area contributed by atoms with Crippen LogP contribution < -0.4 is 10.1 Å². The monoisotopic (exact) mass is 368 g/mol. The first-order valence-corrected chi connectivity index (χ1v) is 7.22. The zero-order chi connectivity index (χ0) is 15.5. The first-order chi connectivity index (χ1) is 9.83. The average molecular weight is 369 g/mol. The van der Waals surface area contributed by atoms with Gasteiger partial charge >= 0.3 is 6.36 Å². The van der Waals surface area contributed by atoms with Crippen molar-refractivity contribution in [3.05, 3.63) is 22.7 Å². The third kappa shape index (κ3) is 5.37. The summed E-state index contributed by atoms with van der Waals surface area (Å²) in [5, 5.41) is 2.96. The summed E-state index contributed by atoms with van der Waals surface area (Å²) >= 11 is 3.13. The topological polar surface area (TPSA) is 33.7 Å². The molecule has 1 saturated heterocycles. The van der Waals surface area contributed by atoms with Crippen molar-refractivity contribution in [2.45, 2.75) is 12.5 Å². The molecule has 1 aromatic rings. The molecule has 1 aliphatic heterocycles. The molecular formula is C13H16BrF3N2O2. The van der Waals surface area contributed by atoms with Crippen molar-refractivity contribution < 1.29 is 22.6 Å². The summed E-state index contributed by atoms with van der Waals surface area (Å²) in [4.78, 5) is 2.12. The zero-order valence-corrected chi connectivity index (χ0v) is 13.0. The van der Waals surface area contributed by atoms with Crippen molar-refractivity contribution in [2.24, 2.45) is 0 Å². The van der Waals surface area contributed by atoms with Crippen molar-refractivity contribution >= 4 is 21.6 Å². The summed E-state index contributed by atoms with van der Waals surface area (Å²) in [7, 11) is 1.98. The van der Waals surface area contributed by atoms with Gasteiger partial charge in [0.05, 0.1) is 18.4 Å². The van der Waals surface area contributed by atoms with E-state index in [4.69, 9.17) is 4.74 Å².